The van der Waals surface area contributed by atoms with E-state index in [9.17, 15) is 0 Å². The van der Waals surface area contributed by atoms with E-state index in [2.05, 4.69) is 44.9 Å². The van der Waals surface area contributed by atoms with Crippen LogP contribution in [0.4, 0.5) is 0 Å². The molecule has 0 aliphatic heterocycles. The number of nitrogens with zero attached hydrogens (tertiary/aromatic N) is 1. The molecule has 0 bridgehead atoms. The molecule has 2 nitrogen and oxygen atoms in total. The lowest BCUT2D eigenvalue weighted by Crippen LogP contribution is -2.13. The molecule has 0 saturated heterocycles. The van der Waals surface area contributed by atoms with Gasteiger partial charge in [0.05, 0.1) is 11.2 Å². The first-order chi connectivity index (χ1) is 9.74. The first-order valence-corrected chi connectivity index (χ1v) is 8.29. The zero-order valence-electron chi connectivity index (χ0n) is 10.9. The number of aryl methyl sites for hydroxylation is 1. The number of hydrogen-bond donors (Lipinski definition) is 1. The maximum Gasteiger partial charge on any atom is 0.0720 e. The van der Waals surface area contributed by atoms with Gasteiger partial charge < -0.3 is 5.73 Å². The Balaban J connectivity index is 1.83. The van der Waals surface area contributed by atoms with Crippen LogP contribution in [0.15, 0.2) is 51.6 Å². The molecule has 3 aromatic rings. The topological polar surface area (TPSA) is 38.9 Å². The molecule has 0 fully saturated rings. The average molecular weight is 347 g/mol. The molecular formula is C16H15BrN2S. The lowest BCUT2D eigenvalue weighted by Gasteiger charge is -2.13. The molecule has 102 valence electrons. The number of hydrogen-bond acceptors (Lipinski definition) is 3. The molecule has 0 saturated carbocycles. The molecule has 0 amide bonds. The summed E-state index contributed by atoms with van der Waals surface area (Å²) >= 11 is 5.32. The third kappa shape index (κ3) is 2.92. The van der Waals surface area contributed by atoms with Crippen molar-refractivity contribution in [1.82, 2.24) is 4.98 Å². The molecule has 1 aromatic carbocycles. The Morgan fingerprint density at radius 1 is 1.25 bits per heavy atom. The van der Waals surface area contributed by atoms with Gasteiger partial charge in [-0.3, -0.25) is 0 Å². The van der Waals surface area contributed by atoms with Crippen molar-refractivity contribution in [3.05, 3.63) is 62.9 Å². The Morgan fingerprint density at radius 2 is 2.10 bits per heavy atom. The number of benzene rings is 1. The summed E-state index contributed by atoms with van der Waals surface area (Å²) in [5, 5.41) is 5.41. The van der Waals surface area contributed by atoms with E-state index in [-0.39, 0.29) is 6.04 Å². The average Bonchev–Trinajstić information content (AvgIpc) is 2.97. The highest BCUT2D eigenvalue weighted by atomic mass is 79.9. The van der Waals surface area contributed by atoms with Crippen molar-refractivity contribution in [2.24, 2.45) is 5.73 Å². The molecule has 2 aromatic heterocycles. The second-order valence-electron chi connectivity index (χ2n) is 4.82. The fourth-order valence-electron chi connectivity index (χ4n) is 2.26. The third-order valence-electron chi connectivity index (χ3n) is 3.38. The van der Waals surface area contributed by atoms with Crippen molar-refractivity contribution in [2.75, 3.05) is 0 Å². The van der Waals surface area contributed by atoms with E-state index in [1.807, 2.05) is 18.2 Å². The van der Waals surface area contributed by atoms with Crippen molar-refractivity contribution >= 4 is 38.2 Å². The predicted octanol–water partition coefficient (Wildman–Crippen LogP) is 4.69. The first kappa shape index (κ1) is 13.7. The van der Waals surface area contributed by atoms with Gasteiger partial charge in [0.25, 0.3) is 0 Å². The summed E-state index contributed by atoms with van der Waals surface area (Å²) in [6.45, 7) is 0. The fraction of sp³-hybridized carbons (Fsp3) is 0.188. The Morgan fingerprint density at radius 3 is 2.90 bits per heavy atom. The molecule has 20 heavy (non-hydrogen) atoms. The smallest absolute Gasteiger partial charge is 0.0720 e. The van der Waals surface area contributed by atoms with Crippen LogP contribution in [0.3, 0.4) is 0 Å². The molecule has 1 atom stereocenters. The minimum Gasteiger partial charge on any atom is -0.323 e. The van der Waals surface area contributed by atoms with E-state index >= 15 is 0 Å². The molecule has 2 N–H and O–H groups in total. The van der Waals surface area contributed by atoms with Crippen LogP contribution in [0, 0.1) is 0 Å². The van der Waals surface area contributed by atoms with Gasteiger partial charge in [0.1, 0.15) is 0 Å². The lowest BCUT2D eigenvalue weighted by atomic mass is 10.0. The zero-order chi connectivity index (χ0) is 13.9. The van der Waals surface area contributed by atoms with E-state index in [1.165, 1.54) is 5.56 Å². The maximum absolute atomic E-state index is 6.31. The number of fused-ring (bicyclic) bond motifs is 1. The quantitative estimate of drug-likeness (QED) is 0.744. The number of nitrogens with two attached hydrogens (primary N) is 1. The Kier molecular flexibility index (Phi) is 4.15. The van der Waals surface area contributed by atoms with E-state index in [0.29, 0.717) is 0 Å². The molecule has 2 heterocycles. The van der Waals surface area contributed by atoms with Crippen LogP contribution in [-0.4, -0.2) is 4.98 Å². The van der Waals surface area contributed by atoms with Crippen molar-refractivity contribution in [1.29, 1.82) is 0 Å². The van der Waals surface area contributed by atoms with Gasteiger partial charge in [0.2, 0.25) is 0 Å². The summed E-state index contributed by atoms with van der Waals surface area (Å²) in [4.78, 5) is 4.71. The standard InChI is InChI=1S/C16H15BrN2S/c17-13-9-12-3-1-2-4-15(12)19-16(13)14(18)6-5-11-7-8-20-10-11/h1-4,7-10,14H,5-6,18H2. The van der Waals surface area contributed by atoms with E-state index in [1.54, 1.807) is 11.3 Å². The highest BCUT2D eigenvalue weighted by Crippen LogP contribution is 2.27. The second kappa shape index (κ2) is 6.04. The van der Waals surface area contributed by atoms with Gasteiger partial charge in [-0.2, -0.15) is 11.3 Å². The summed E-state index contributed by atoms with van der Waals surface area (Å²) in [6.07, 6.45) is 1.90. The SMILES string of the molecule is NC(CCc1ccsc1)c1nc2ccccc2cc1Br. The van der Waals surface area contributed by atoms with Gasteiger partial charge in [0.15, 0.2) is 0 Å². The van der Waals surface area contributed by atoms with Crippen LogP contribution in [0.5, 0.6) is 0 Å². The Bertz CT molecular complexity index is 710. The van der Waals surface area contributed by atoms with Gasteiger partial charge in [0, 0.05) is 15.9 Å². The van der Waals surface area contributed by atoms with Gasteiger partial charge in [-0.1, -0.05) is 18.2 Å². The minimum absolute atomic E-state index is 0.0473. The van der Waals surface area contributed by atoms with Gasteiger partial charge in [-0.15, -0.1) is 0 Å². The van der Waals surface area contributed by atoms with Crippen molar-refractivity contribution < 1.29 is 0 Å². The normalized spacial score (nSPS) is 12.7. The summed E-state index contributed by atoms with van der Waals surface area (Å²) in [5.74, 6) is 0. The Labute approximate surface area is 130 Å². The molecule has 0 radical (unpaired) electrons. The minimum atomic E-state index is -0.0473. The summed E-state index contributed by atoms with van der Waals surface area (Å²) in [6, 6.07) is 12.3. The number of pyridine rings is 1. The molecule has 1 unspecified atom stereocenters. The summed E-state index contributed by atoms with van der Waals surface area (Å²) in [7, 11) is 0. The van der Waals surface area contributed by atoms with E-state index in [0.717, 1.165) is 33.9 Å². The van der Waals surface area contributed by atoms with Crippen LogP contribution in [0.25, 0.3) is 10.9 Å². The lowest BCUT2D eigenvalue weighted by molar-refractivity contribution is 0.633. The molecule has 4 heteroatoms. The van der Waals surface area contributed by atoms with Gasteiger partial charge in [-0.25, -0.2) is 4.98 Å². The van der Waals surface area contributed by atoms with Gasteiger partial charge in [-0.05, 0) is 63.3 Å². The highest BCUT2D eigenvalue weighted by molar-refractivity contribution is 9.10. The number of para-hydroxylation sites is 1. The zero-order valence-corrected chi connectivity index (χ0v) is 13.3. The number of aromatic nitrogens is 1. The third-order valence-corrected chi connectivity index (χ3v) is 4.75. The monoisotopic (exact) mass is 346 g/mol. The number of halogens is 1. The van der Waals surface area contributed by atoms with Crippen LogP contribution >= 0.6 is 27.3 Å². The largest absolute Gasteiger partial charge is 0.323 e. The van der Waals surface area contributed by atoms with E-state index in [4.69, 9.17) is 10.7 Å². The van der Waals surface area contributed by atoms with Crippen LogP contribution in [0.1, 0.15) is 23.7 Å². The Hall–Kier alpha value is -1.23. The van der Waals surface area contributed by atoms with Crippen LogP contribution in [-0.2, 0) is 6.42 Å². The second-order valence-corrected chi connectivity index (χ2v) is 6.46. The number of thiophene rings is 1. The van der Waals surface area contributed by atoms with Crippen LogP contribution < -0.4 is 5.73 Å². The molecule has 3 rings (SSSR count). The van der Waals surface area contributed by atoms with E-state index < -0.39 is 0 Å². The molecule has 0 aliphatic carbocycles. The van der Waals surface area contributed by atoms with Crippen LogP contribution in [0.2, 0.25) is 0 Å². The molecule has 0 spiro atoms. The van der Waals surface area contributed by atoms with Gasteiger partial charge >= 0.3 is 0 Å². The summed E-state index contributed by atoms with van der Waals surface area (Å²) in [5.41, 5.74) is 9.60. The van der Waals surface area contributed by atoms with Crippen molar-refractivity contribution in [3.8, 4) is 0 Å². The maximum atomic E-state index is 6.31. The highest BCUT2D eigenvalue weighted by Gasteiger charge is 2.13. The van der Waals surface area contributed by atoms with Crippen molar-refractivity contribution in [2.45, 2.75) is 18.9 Å². The summed E-state index contributed by atoms with van der Waals surface area (Å²) < 4.78 is 0.994. The first-order valence-electron chi connectivity index (χ1n) is 6.56. The molecule has 0 aliphatic rings. The number of rotatable bonds is 4. The predicted molar refractivity (Wildman–Crippen MR) is 89.0 cm³/mol. The molecular weight excluding hydrogens is 332 g/mol. The fourth-order valence-corrected chi connectivity index (χ4v) is 3.59. The van der Waals surface area contributed by atoms with Crippen molar-refractivity contribution in [3.63, 3.8) is 0 Å².